The van der Waals surface area contributed by atoms with Crippen LogP contribution < -0.4 is 0 Å². The average Bonchev–Trinajstić information content (AvgIpc) is 2.52. The number of carbonyl (C=O) groups is 1. The zero-order valence-corrected chi connectivity index (χ0v) is 9.42. The molecule has 0 aliphatic heterocycles. The Morgan fingerprint density at radius 3 is 2.06 bits per heavy atom. The minimum atomic E-state index is -1.20. The first-order valence-corrected chi connectivity index (χ1v) is 5.73. The van der Waals surface area contributed by atoms with Gasteiger partial charge in [0.15, 0.2) is 0 Å². The molecule has 0 saturated heterocycles. The molecule has 2 N–H and O–H groups in total. The second kappa shape index (κ2) is 2.59. The molecular weight excluding hydrogens is 204 g/mol. The van der Waals surface area contributed by atoms with Crippen molar-refractivity contribution < 1.29 is 15.0 Å². The Bertz CT molecular complexity index is 391. The first kappa shape index (κ1) is 10.1. The van der Waals surface area contributed by atoms with Gasteiger partial charge >= 0.3 is 5.97 Å². The molecule has 3 aliphatic carbocycles. The fraction of sp³-hybridized carbons (Fsp3) is 0.615. The molecule has 0 heterocycles. The number of aliphatic carboxylic acids is 1. The molecule has 1 saturated carbocycles. The quantitative estimate of drug-likeness (QED) is 0.692. The predicted octanol–water partition coefficient (Wildman–Crippen LogP) is 1.45. The summed E-state index contributed by atoms with van der Waals surface area (Å²) in [5.74, 6) is -0.138. The SMILES string of the molecule is CC(C)(O)C1(C(=O)O)[C@H]2C=CC3C=C[C@H]1C32. The molecule has 3 nitrogen and oxygen atoms in total. The maximum absolute atomic E-state index is 11.7. The van der Waals surface area contributed by atoms with Crippen LogP contribution >= 0.6 is 0 Å². The monoisotopic (exact) mass is 220 g/mol. The molecular formula is C13H16O3. The van der Waals surface area contributed by atoms with E-state index in [0.29, 0.717) is 11.8 Å². The Kier molecular flexibility index (Phi) is 1.63. The van der Waals surface area contributed by atoms with Crippen LogP contribution in [0.4, 0.5) is 0 Å². The average molecular weight is 220 g/mol. The molecule has 0 radical (unpaired) electrons. The van der Waals surface area contributed by atoms with Crippen LogP contribution in [0.3, 0.4) is 0 Å². The van der Waals surface area contributed by atoms with E-state index in [4.69, 9.17) is 0 Å². The second-order valence-corrected chi connectivity index (χ2v) is 5.71. The van der Waals surface area contributed by atoms with Crippen molar-refractivity contribution in [1.82, 2.24) is 0 Å². The van der Waals surface area contributed by atoms with Crippen molar-refractivity contribution in [2.45, 2.75) is 19.4 Å². The smallest absolute Gasteiger partial charge is 0.313 e. The van der Waals surface area contributed by atoms with Crippen molar-refractivity contribution >= 4 is 5.97 Å². The Morgan fingerprint density at radius 2 is 1.69 bits per heavy atom. The van der Waals surface area contributed by atoms with Gasteiger partial charge in [-0.25, -0.2) is 0 Å². The molecule has 3 aliphatic rings. The third-order valence-electron chi connectivity index (χ3n) is 4.77. The summed E-state index contributed by atoms with van der Waals surface area (Å²) in [6.07, 6.45) is 8.15. The topological polar surface area (TPSA) is 57.5 Å². The number of rotatable bonds is 2. The van der Waals surface area contributed by atoms with Crippen LogP contribution in [0.15, 0.2) is 24.3 Å². The summed E-state index contributed by atoms with van der Waals surface area (Å²) in [6, 6.07) is 0. The van der Waals surface area contributed by atoms with Crippen LogP contribution in [-0.2, 0) is 4.79 Å². The van der Waals surface area contributed by atoms with Gasteiger partial charge in [-0.2, -0.15) is 0 Å². The summed E-state index contributed by atoms with van der Waals surface area (Å²) < 4.78 is 0. The lowest BCUT2D eigenvalue weighted by Crippen LogP contribution is -2.68. The number of hydrogen-bond acceptors (Lipinski definition) is 2. The fourth-order valence-corrected chi connectivity index (χ4v) is 4.15. The number of carboxylic acid groups (broad SMARTS) is 1. The Labute approximate surface area is 94.5 Å². The molecule has 0 aromatic heterocycles. The minimum absolute atomic E-state index is 0.0185. The number of aliphatic hydroxyl groups is 1. The lowest BCUT2D eigenvalue weighted by Gasteiger charge is -2.59. The molecule has 3 rings (SSSR count). The second-order valence-electron chi connectivity index (χ2n) is 5.71. The summed E-state index contributed by atoms with van der Waals surface area (Å²) in [7, 11) is 0. The summed E-state index contributed by atoms with van der Waals surface area (Å²) in [6.45, 7) is 3.23. The minimum Gasteiger partial charge on any atom is -0.481 e. The van der Waals surface area contributed by atoms with E-state index < -0.39 is 17.0 Å². The molecule has 0 spiro atoms. The third kappa shape index (κ3) is 0.798. The molecule has 0 bridgehead atoms. The van der Waals surface area contributed by atoms with E-state index in [9.17, 15) is 15.0 Å². The summed E-state index contributed by atoms with van der Waals surface area (Å²) in [5, 5.41) is 19.8. The van der Waals surface area contributed by atoms with Crippen LogP contribution in [-0.4, -0.2) is 21.8 Å². The van der Waals surface area contributed by atoms with Gasteiger partial charge in [0.25, 0.3) is 0 Å². The van der Waals surface area contributed by atoms with E-state index >= 15 is 0 Å². The Balaban J connectivity index is 2.14. The van der Waals surface area contributed by atoms with Crippen LogP contribution in [0.25, 0.3) is 0 Å². The normalized spacial score (nSPS) is 47.9. The first-order chi connectivity index (χ1) is 7.40. The maximum Gasteiger partial charge on any atom is 0.313 e. The molecule has 16 heavy (non-hydrogen) atoms. The number of hydrogen-bond donors (Lipinski definition) is 2. The van der Waals surface area contributed by atoms with E-state index in [2.05, 4.69) is 12.2 Å². The molecule has 0 aromatic carbocycles. The molecule has 86 valence electrons. The van der Waals surface area contributed by atoms with Crippen molar-refractivity contribution in [3.63, 3.8) is 0 Å². The lowest BCUT2D eigenvalue weighted by molar-refractivity contribution is -0.215. The van der Waals surface area contributed by atoms with Gasteiger partial charge in [-0.1, -0.05) is 24.3 Å². The summed E-state index contributed by atoms with van der Waals surface area (Å²) in [5.41, 5.74) is -2.23. The molecule has 0 aromatic rings. The first-order valence-electron chi connectivity index (χ1n) is 5.73. The van der Waals surface area contributed by atoms with E-state index in [1.54, 1.807) is 13.8 Å². The zero-order chi connectivity index (χ0) is 11.7. The molecule has 2 atom stereocenters. The van der Waals surface area contributed by atoms with E-state index in [-0.39, 0.29) is 11.8 Å². The van der Waals surface area contributed by atoms with Crippen molar-refractivity contribution in [1.29, 1.82) is 0 Å². The van der Waals surface area contributed by atoms with Crippen LogP contribution in [0.5, 0.6) is 0 Å². The van der Waals surface area contributed by atoms with E-state index in [1.165, 1.54) is 0 Å². The van der Waals surface area contributed by atoms with Gasteiger partial charge in [0.2, 0.25) is 0 Å². The largest absolute Gasteiger partial charge is 0.481 e. The van der Waals surface area contributed by atoms with Crippen molar-refractivity contribution in [2.24, 2.45) is 29.1 Å². The van der Waals surface area contributed by atoms with E-state index in [1.807, 2.05) is 12.2 Å². The van der Waals surface area contributed by atoms with Crippen molar-refractivity contribution in [2.75, 3.05) is 0 Å². The van der Waals surface area contributed by atoms with Crippen LogP contribution in [0.2, 0.25) is 0 Å². The van der Waals surface area contributed by atoms with Gasteiger partial charge < -0.3 is 10.2 Å². The standard InChI is InChI=1S/C13H16O3/c1-12(2,16)13(11(14)15)8-5-3-7-4-6-9(13)10(7)8/h3-10,16H,1-2H3,(H,14,15)/t7?,8-,9-,10?,13?/m0/s1. The van der Waals surface area contributed by atoms with Gasteiger partial charge in [-0.05, 0) is 25.7 Å². The summed E-state index contributed by atoms with van der Waals surface area (Å²) >= 11 is 0. The fourth-order valence-electron chi connectivity index (χ4n) is 4.15. The maximum atomic E-state index is 11.7. The highest BCUT2D eigenvalue weighted by molar-refractivity contribution is 5.81. The predicted molar refractivity (Wildman–Crippen MR) is 58.6 cm³/mol. The van der Waals surface area contributed by atoms with Crippen LogP contribution in [0.1, 0.15) is 13.8 Å². The van der Waals surface area contributed by atoms with E-state index in [0.717, 1.165) is 0 Å². The van der Waals surface area contributed by atoms with Gasteiger partial charge in [-0.3, -0.25) is 4.79 Å². The van der Waals surface area contributed by atoms with Crippen molar-refractivity contribution in [3.05, 3.63) is 24.3 Å². The lowest BCUT2D eigenvalue weighted by atomic mass is 9.43. The molecule has 3 heteroatoms. The van der Waals surface area contributed by atoms with Gasteiger partial charge in [-0.15, -0.1) is 0 Å². The number of carboxylic acids is 1. The highest BCUT2D eigenvalue weighted by Crippen LogP contribution is 2.69. The highest BCUT2D eigenvalue weighted by atomic mass is 16.4. The highest BCUT2D eigenvalue weighted by Gasteiger charge is 2.73. The van der Waals surface area contributed by atoms with Crippen molar-refractivity contribution in [3.8, 4) is 0 Å². The zero-order valence-electron chi connectivity index (χ0n) is 9.42. The van der Waals surface area contributed by atoms with Gasteiger partial charge in [0, 0.05) is 11.8 Å². The Morgan fingerprint density at radius 1 is 1.19 bits per heavy atom. The van der Waals surface area contributed by atoms with Gasteiger partial charge in [0.1, 0.15) is 5.41 Å². The Hall–Kier alpha value is -1.09. The third-order valence-corrected chi connectivity index (χ3v) is 4.77. The number of allylic oxidation sites excluding steroid dienone is 4. The van der Waals surface area contributed by atoms with Gasteiger partial charge in [0.05, 0.1) is 5.60 Å². The molecule has 0 unspecified atom stereocenters. The molecule has 0 amide bonds. The van der Waals surface area contributed by atoms with Crippen LogP contribution in [0, 0.1) is 29.1 Å². The summed E-state index contributed by atoms with van der Waals surface area (Å²) in [4.78, 5) is 11.7. The molecule has 1 fully saturated rings.